The molecule has 0 fully saturated rings. The van der Waals surface area contributed by atoms with E-state index in [1.165, 1.54) is 23.2 Å². The summed E-state index contributed by atoms with van der Waals surface area (Å²) in [6.07, 6.45) is 1.42. The molecule has 0 unspecified atom stereocenters. The molecule has 3 aromatic rings. The molecule has 126 valence electrons. The third kappa shape index (κ3) is 3.77. The van der Waals surface area contributed by atoms with Gasteiger partial charge in [0.2, 0.25) is 5.95 Å². The van der Waals surface area contributed by atoms with Crippen LogP contribution in [0.2, 0.25) is 0 Å². The zero-order valence-electron chi connectivity index (χ0n) is 13.3. The van der Waals surface area contributed by atoms with Crippen LogP contribution < -0.4 is 10.2 Å². The van der Waals surface area contributed by atoms with Gasteiger partial charge in [-0.25, -0.2) is 18.7 Å². The van der Waals surface area contributed by atoms with Gasteiger partial charge in [0.25, 0.3) is 5.91 Å². The predicted molar refractivity (Wildman–Crippen MR) is 90.8 cm³/mol. The first-order valence-electron chi connectivity index (χ1n) is 7.43. The summed E-state index contributed by atoms with van der Waals surface area (Å²) in [7, 11) is 1.64. The number of hydrogen-bond donors (Lipinski definition) is 1. The van der Waals surface area contributed by atoms with E-state index in [1.807, 2.05) is 18.2 Å². The normalized spacial score (nSPS) is 10.4. The molecule has 3 rings (SSSR count). The van der Waals surface area contributed by atoms with Crippen molar-refractivity contribution in [2.75, 3.05) is 17.3 Å². The highest BCUT2D eigenvalue weighted by molar-refractivity contribution is 6.04. The summed E-state index contributed by atoms with van der Waals surface area (Å²) >= 11 is 0. The van der Waals surface area contributed by atoms with E-state index in [4.69, 9.17) is 0 Å². The topological polar surface area (TPSA) is 58.1 Å². The first kappa shape index (κ1) is 16.5. The Kier molecular flexibility index (Phi) is 4.65. The minimum Gasteiger partial charge on any atom is -0.324 e. The largest absolute Gasteiger partial charge is 0.324 e. The van der Waals surface area contributed by atoms with Gasteiger partial charge in [-0.2, -0.15) is 0 Å². The fourth-order valence-electron chi connectivity index (χ4n) is 2.18. The van der Waals surface area contributed by atoms with Gasteiger partial charge >= 0.3 is 0 Å². The number of carbonyl (C=O) groups excluding carboxylic acids is 1. The van der Waals surface area contributed by atoms with E-state index in [0.717, 1.165) is 17.8 Å². The lowest BCUT2D eigenvalue weighted by atomic mass is 10.2. The number of rotatable bonds is 4. The maximum absolute atomic E-state index is 13.3. The van der Waals surface area contributed by atoms with Crippen molar-refractivity contribution in [2.45, 2.75) is 0 Å². The monoisotopic (exact) mass is 340 g/mol. The molecular weight excluding hydrogens is 326 g/mol. The summed E-state index contributed by atoms with van der Waals surface area (Å²) in [5.41, 5.74) is 1.17. The van der Waals surface area contributed by atoms with Gasteiger partial charge in [-0.05, 0) is 30.3 Å². The quantitative estimate of drug-likeness (QED) is 0.785. The lowest BCUT2D eigenvalue weighted by Gasteiger charge is -2.17. The molecule has 1 amide bonds. The molecule has 0 aliphatic carbocycles. The Labute approximate surface area is 143 Å². The predicted octanol–water partition coefficient (Wildman–Crippen LogP) is 3.78. The van der Waals surface area contributed by atoms with E-state index in [0.29, 0.717) is 0 Å². The van der Waals surface area contributed by atoms with E-state index >= 15 is 0 Å². The number of halogens is 2. The first-order chi connectivity index (χ1) is 12.0. The molecule has 0 saturated carbocycles. The highest BCUT2D eigenvalue weighted by atomic mass is 19.2. The second kappa shape index (κ2) is 7.04. The zero-order valence-corrected chi connectivity index (χ0v) is 13.3. The fraction of sp³-hybridized carbons (Fsp3) is 0.0556. The number of benzene rings is 2. The van der Waals surface area contributed by atoms with Gasteiger partial charge in [-0.15, -0.1) is 0 Å². The second-order valence-electron chi connectivity index (χ2n) is 5.22. The molecule has 0 saturated heterocycles. The molecule has 0 aliphatic rings. The second-order valence-corrected chi connectivity index (χ2v) is 5.22. The smallest absolute Gasteiger partial charge is 0.276 e. The van der Waals surface area contributed by atoms with Gasteiger partial charge in [-0.1, -0.05) is 18.2 Å². The SMILES string of the molecule is CN(C(=O)c1ccnc(Nc2ccc(F)c(F)c2)n1)c1ccccc1. The Morgan fingerprint density at radius 3 is 2.52 bits per heavy atom. The highest BCUT2D eigenvalue weighted by Crippen LogP contribution is 2.18. The summed E-state index contributed by atoms with van der Waals surface area (Å²) in [6, 6.07) is 13.9. The maximum Gasteiger partial charge on any atom is 0.276 e. The number of carbonyl (C=O) groups is 1. The van der Waals surface area contributed by atoms with Crippen LogP contribution in [0.5, 0.6) is 0 Å². The van der Waals surface area contributed by atoms with Crippen LogP contribution in [0.3, 0.4) is 0 Å². The van der Waals surface area contributed by atoms with Gasteiger partial charge in [0, 0.05) is 30.7 Å². The lowest BCUT2D eigenvalue weighted by molar-refractivity contribution is 0.0988. The first-order valence-corrected chi connectivity index (χ1v) is 7.43. The Morgan fingerprint density at radius 1 is 1.04 bits per heavy atom. The van der Waals surface area contributed by atoms with Crippen molar-refractivity contribution < 1.29 is 13.6 Å². The number of amides is 1. The molecule has 1 N–H and O–H groups in total. The summed E-state index contributed by atoms with van der Waals surface area (Å²) < 4.78 is 26.2. The van der Waals surface area contributed by atoms with Crippen LogP contribution in [-0.4, -0.2) is 22.9 Å². The molecule has 0 bridgehead atoms. The van der Waals surface area contributed by atoms with Crippen LogP contribution in [0.15, 0.2) is 60.8 Å². The van der Waals surface area contributed by atoms with E-state index in [1.54, 1.807) is 19.2 Å². The van der Waals surface area contributed by atoms with Gasteiger partial charge < -0.3 is 10.2 Å². The number of nitrogens with zero attached hydrogens (tertiary/aromatic N) is 3. The van der Waals surface area contributed by atoms with Crippen molar-refractivity contribution in [3.05, 3.63) is 78.1 Å². The molecular formula is C18H14F2N4O. The van der Waals surface area contributed by atoms with Crippen LogP contribution in [0.4, 0.5) is 26.1 Å². The van der Waals surface area contributed by atoms with Crippen LogP contribution >= 0.6 is 0 Å². The standard InChI is InChI=1S/C18H14F2N4O/c1-24(13-5-3-2-4-6-13)17(25)16-9-10-21-18(23-16)22-12-7-8-14(19)15(20)11-12/h2-11H,1H3,(H,21,22,23). The Hall–Kier alpha value is -3.35. The van der Waals surface area contributed by atoms with Crippen LogP contribution in [-0.2, 0) is 0 Å². The highest BCUT2D eigenvalue weighted by Gasteiger charge is 2.15. The maximum atomic E-state index is 13.3. The minimum absolute atomic E-state index is 0.110. The number of hydrogen-bond acceptors (Lipinski definition) is 4. The number of anilines is 3. The fourth-order valence-corrected chi connectivity index (χ4v) is 2.18. The van der Waals surface area contributed by atoms with Crippen molar-refractivity contribution in [1.82, 2.24) is 9.97 Å². The lowest BCUT2D eigenvalue weighted by Crippen LogP contribution is -2.27. The van der Waals surface area contributed by atoms with Gasteiger partial charge in [0.05, 0.1) is 0 Å². The number of para-hydroxylation sites is 1. The Morgan fingerprint density at radius 2 is 1.80 bits per heavy atom. The molecule has 7 heteroatoms. The van der Waals surface area contributed by atoms with Crippen LogP contribution in [0.1, 0.15) is 10.5 Å². The van der Waals surface area contributed by atoms with E-state index in [9.17, 15) is 13.6 Å². The van der Waals surface area contributed by atoms with E-state index in [2.05, 4.69) is 15.3 Å². The number of aromatic nitrogens is 2. The minimum atomic E-state index is -0.985. The summed E-state index contributed by atoms with van der Waals surface area (Å²) in [6.45, 7) is 0. The van der Waals surface area contributed by atoms with Gasteiger partial charge in [0.1, 0.15) is 5.69 Å². The molecule has 0 spiro atoms. The van der Waals surface area contributed by atoms with Crippen molar-refractivity contribution in [3.63, 3.8) is 0 Å². The zero-order chi connectivity index (χ0) is 17.8. The Bertz CT molecular complexity index is 903. The summed E-state index contributed by atoms with van der Waals surface area (Å²) in [4.78, 5) is 22.1. The average Bonchev–Trinajstić information content (AvgIpc) is 2.64. The van der Waals surface area contributed by atoms with Crippen molar-refractivity contribution in [2.24, 2.45) is 0 Å². The molecule has 1 aromatic heterocycles. The van der Waals surface area contributed by atoms with Crippen molar-refractivity contribution in [3.8, 4) is 0 Å². The van der Waals surface area contributed by atoms with E-state index < -0.39 is 11.6 Å². The molecule has 5 nitrogen and oxygen atoms in total. The average molecular weight is 340 g/mol. The third-order valence-corrected chi connectivity index (χ3v) is 3.50. The van der Waals surface area contributed by atoms with E-state index in [-0.39, 0.29) is 23.2 Å². The van der Waals surface area contributed by atoms with Crippen molar-refractivity contribution in [1.29, 1.82) is 0 Å². The van der Waals surface area contributed by atoms with Crippen LogP contribution in [0, 0.1) is 11.6 Å². The van der Waals surface area contributed by atoms with Gasteiger partial charge in [-0.3, -0.25) is 4.79 Å². The van der Waals surface area contributed by atoms with Gasteiger partial charge in [0.15, 0.2) is 11.6 Å². The molecule has 0 radical (unpaired) electrons. The molecule has 2 aromatic carbocycles. The molecule has 1 heterocycles. The summed E-state index contributed by atoms with van der Waals surface area (Å²) in [5.74, 6) is -2.14. The van der Waals surface area contributed by atoms with Crippen LogP contribution in [0.25, 0.3) is 0 Å². The molecule has 25 heavy (non-hydrogen) atoms. The Balaban J connectivity index is 1.81. The number of nitrogens with one attached hydrogen (secondary N) is 1. The molecule has 0 atom stereocenters. The third-order valence-electron chi connectivity index (χ3n) is 3.50. The van der Waals surface area contributed by atoms with Crippen molar-refractivity contribution >= 4 is 23.2 Å². The molecule has 0 aliphatic heterocycles. The summed E-state index contributed by atoms with van der Waals surface area (Å²) in [5, 5.41) is 2.75.